The monoisotopic (exact) mass is 194 g/mol. The summed E-state index contributed by atoms with van der Waals surface area (Å²) < 4.78 is 12.8. The number of aryl methyl sites for hydroxylation is 1. The van der Waals surface area contributed by atoms with Crippen molar-refractivity contribution >= 4 is 0 Å². The van der Waals surface area contributed by atoms with Crippen molar-refractivity contribution in [1.82, 2.24) is 10.3 Å². The summed E-state index contributed by atoms with van der Waals surface area (Å²) in [5.41, 5.74) is 2.01. The molecule has 0 aromatic carbocycles. The lowest BCUT2D eigenvalue weighted by molar-refractivity contribution is 0.563. The highest BCUT2D eigenvalue weighted by Gasteiger charge is 2.16. The van der Waals surface area contributed by atoms with Gasteiger partial charge in [-0.1, -0.05) is 0 Å². The van der Waals surface area contributed by atoms with Crippen LogP contribution in [-0.2, 0) is 6.42 Å². The van der Waals surface area contributed by atoms with Gasteiger partial charge in [0.15, 0.2) is 0 Å². The van der Waals surface area contributed by atoms with E-state index in [1.54, 1.807) is 6.07 Å². The van der Waals surface area contributed by atoms with Gasteiger partial charge in [0, 0.05) is 5.69 Å². The second-order valence-electron chi connectivity index (χ2n) is 3.98. The van der Waals surface area contributed by atoms with Crippen molar-refractivity contribution in [2.45, 2.75) is 19.8 Å². The van der Waals surface area contributed by atoms with Crippen LogP contribution in [0, 0.1) is 18.7 Å². The molecule has 1 unspecified atom stereocenters. The van der Waals surface area contributed by atoms with Crippen LogP contribution in [0.2, 0.25) is 0 Å². The molecule has 0 aliphatic carbocycles. The van der Waals surface area contributed by atoms with Gasteiger partial charge in [-0.2, -0.15) is 0 Å². The van der Waals surface area contributed by atoms with Crippen LogP contribution >= 0.6 is 0 Å². The van der Waals surface area contributed by atoms with Gasteiger partial charge < -0.3 is 5.32 Å². The Labute approximate surface area is 83.6 Å². The van der Waals surface area contributed by atoms with Crippen molar-refractivity contribution in [2.24, 2.45) is 5.92 Å². The van der Waals surface area contributed by atoms with Gasteiger partial charge in [-0.15, -0.1) is 0 Å². The van der Waals surface area contributed by atoms with Crippen LogP contribution in [0.25, 0.3) is 0 Å². The van der Waals surface area contributed by atoms with Crippen LogP contribution in [0.4, 0.5) is 4.39 Å². The fourth-order valence-electron chi connectivity index (χ4n) is 1.94. The lowest BCUT2D eigenvalue weighted by atomic mass is 10.00. The zero-order valence-corrected chi connectivity index (χ0v) is 8.39. The molecule has 1 aliphatic heterocycles. The molecule has 0 spiro atoms. The number of nitrogens with one attached hydrogen (secondary N) is 1. The largest absolute Gasteiger partial charge is 0.316 e. The first kappa shape index (κ1) is 9.59. The number of halogens is 1. The zero-order chi connectivity index (χ0) is 9.97. The molecule has 0 radical (unpaired) electrons. The first-order chi connectivity index (χ1) is 6.75. The minimum atomic E-state index is -0.240. The van der Waals surface area contributed by atoms with Gasteiger partial charge in [0.2, 0.25) is 0 Å². The zero-order valence-electron chi connectivity index (χ0n) is 8.39. The van der Waals surface area contributed by atoms with Gasteiger partial charge in [0.25, 0.3) is 0 Å². The Hall–Kier alpha value is -0.960. The predicted octanol–water partition coefficient (Wildman–Crippen LogP) is 1.68. The summed E-state index contributed by atoms with van der Waals surface area (Å²) in [6.07, 6.45) is 3.49. The average Bonchev–Trinajstić information content (AvgIpc) is 2.62. The van der Waals surface area contributed by atoms with E-state index in [1.807, 2.05) is 6.92 Å². The fourth-order valence-corrected chi connectivity index (χ4v) is 1.94. The number of hydrogen-bond donors (Lipinski definition) is 1. The molecule has 3 heteroatoms. The fraction of sp³-hybridized carbons (Fsp3) is 0.545. The maximum absolute atomic E-state index is 12.8. The highest BCUT2D eigenvalue weighted by molar-refractivity contribution is 5.19. The lowest BCUT2D eigenvalue weighted by Gasteiger charge is -2.09. The molecule has 1 aromatic rings. The van der Waals surface area contributed by atoms with E-state index in [4.69, 9.17) is 0 Å². The van der Waals surface area contributed by atoms with Crippen molar-refractivity contribution in [1.29, 1.82) is 0 Å². The van der Waals surface area contributed by atoms with Crippen LogP contribution < -0.4 is 5.32 Å². The van der Waals surface area contributed by atoms with E-state index >= 15 is 0 Å². The Morgan fingerprint density at radius 1 is 1.64 bits per heavy atom. The summed E-state index contributed by atoms with van der Waals surface area (Å²) >= 11 is 0. The van der Waals surface area contributed by atoms with E-state index in [-0.39, 0.29) is 5.82 Å². The number of pyridine rings is 1. The summed E-state index contributed by atoms with van der Waals surface area (Å²) in [7, 11) is 0. The Balaban J connectivity index is 2.08. The van der Waals surface area contributed by atoms with Crippen LogP contribution in [0.5, 0.6) is 0 Å². The van der Waals surface area contributed by atoms with Crippen molar-refractivity contribution in [3.05, 3.63) is 29.3 Å². The summed E-state index contributed by atoms with van der Waals surface area (Å²) in [5.74, 6) is 0.433. The van der Waals surface area contributed by atoms with Gasteiger partial charge in [-0.05, 0) is 50.4 Å². The van der Waals surface area contributed by atoms with Gasteiger partial charge in [0.05, 0.1) is 6.20 Å². The molecular formula is C11H15FN2. The van der Waals surface area contributed by atoms with Crippen LogP contribution in [0.3, 0.4) is 0 Å². The standard InChI is InChI=1S/C11H15FN2/c1-8-4-10(12)7-14-11(8)5-9-2-3-13-6-9/h4,7,9,13H,2-3,5-6H2,1H3. The minimum Gasteiger partial charge on any atom is -0.316 e. The van der Waals surface area contributed by atoms with Crippen LogP contribution in [0.1, 0.15) is 17.7 Å². The van der Waals surface area contributed by atoms with Crippen LogP contribution in [-0.4, -0.2) is 18.1 Å². The second-order valence-corrected chi connectivity index (χ2v) is 3.98. The van der Waals surface area contributed by atoms with Crippen molar-refractivity contribution in [3.8, 4) is 0 Å². The Kier molecular flexibility index (Phi) is 2.77. The summed E-state index contributed by atoms with van der Waals surface area (Å²) in [6.45, 7) is 4.09. The third-order valence-corrected chi connectivity index (χ3v) is 2.80. The first-order valence-corrected chi connectivity index (χ1v) is 5.07. The van der Waals surface area contributed by atoms with E-state index in [1.165, 1.54) is 12.6 Å². The molecule has 1 aliphatic rings. The van der Waals surface area contributed by atoms with Crippen molar-refractivity contribution < 1.29 is 4.39 Å². The lowest BCUT2D eigenvalue weighted by Crippen LogP contribution is -2.12. The molecule has 14 heavy (non-hydrogen) atoms. The molecule has 2 nitrogen and oxygen atoms in total. The van der Waals surface area contributed by atoms with E-state index in [0.29, 0.717) is 5.92 Å². The Bertz CT molecular complexity index is 319. The van der Waals surface area contributed by atoms with Crippen molar-refractivity contribution in [3.63, 3.8) is 0 Å². The summed E-state index contributed by atoms with van der Waals surface area (Å²) in [5, 5.41) is 3.32. The van der Waals surface area contributed by atoms with Crippen molar-refractivity contribution in [2.75, 3.05) is 13.1 Å². The smallest absolute Gasteiger partial charge is 0.141 e. The molecular weight excluding hydrogens is 179 g/mol. The first-order valence-electron chi connectivity index (χ1n) is 5.07. The maximum atomic E-state index is 12.8. The summed E-state index contributed by atoms with van der Waals surface area (Å²) in [6, 6.07) is 1.56. The molecule has 1 atom stereocenters. The van der Waals surface area contributed by atoms with E-state index < -0.39 is 0 Å². The highest BCUT2D eigenvalue weighted by Crippen LogP contribution is 2.16. The molecule has 0 saturated carbocycles. The highest BCUT2D eigenvalue weighted by atomic mass is 19.1. The van der Waals surface area contributed by atoms with Crippen LogP contribution in [0.15, 0.2) is 12.3 Å². The summed E-state index contributed by atoms with van der Waals surface area (Å²) in [4.78, 5) is 4.14. The number of nitrogens with zero attached hydrogens (tertiary/aromatic N) is 1. The number of rotatable bonds is 2. The maximum Gasteiger partial charge on any atom is 0.141 e. The SMILES string of the molecule is Cc1cc(F)cnc1CC1CCNC1. The second kappa shape index (κ2) is 4.05. The average molecular weight is 194 g/mol. The minimum absolute atomic E-state index is 0.240. The van der Waals surface area contributed by atoms with Gasteiger partial charge in [0.1, 0.15) is 5.82 Å². The Morgan fingerprint density at radius 2 is 2.50 bits per heavy atom. The molecule has 1 saturated heterocycles. The van der Waals surface area contributed by atoms with E-state index in [0.717, 1.165) is 30.8 Å². The number of aromatic nitrogens is 1. The van der Waals surface area contributed by atoms with Gasteiger partial charge >= 0.3 is 0 Å². The molecule has 1 fully saturated rings. The normalized spacial score (nSPS) is 21.4. The quantitative estimate of drug-likeness (QED) is 0.774. The molecule has 76 valence electrons. The Morgan fingerprint density at radius 3 is 3.14 bits per heavy atom. The third-order valence-electron chi connectivity index (χ3n) is 2.80. The molecule has 2 heterocycles. The molecule has 0 bridgehead atoms. The molecule has 1 aromatic heterocycles. The topological polar surface area (TPSA) is 24.9 Å². The predicted molar refractivity (Wildman–Crippen MR) is 53.6 cm³/mol. The molecule has 1 N–H and O–H groups in total. The number of hydrogen-bond acceptors (Lipinski definition) is 2. The molecule has 0 amide bonds. The molecule has 2 rings (SSSR count). The van der Waals surface area contributed by atoms with E-state index in [9.17, 15) is 4.39 Å². The van der Waals surface area contributed by atoms with E-state index in [2.05, 4.69) is 10.3 Å². The van der Waals surface area contributed by atoms with Gasteiger partial charge in [-0.25, -0.2) is 4.39 Å². The van der Waals surface area contributed by atoms with Gasteiger partial charge in [-0.3, -0.25) is 4.98 Å². The third kappa shape index (κ3) is 2.10.